The number of pyridine rings is 2. The lowest BCUT2D eigenvalue weighted by Crippen LogP contribution is -1.84. The highest BCUT2D eigenvalue weighted by molar-refractivity contribution is 5.62. The van der Waals surface area contributed by atoms with Gasteiger partial charge in [-0.2, -0.15) is 0 Å². The zero-order valence-corrected chi connectivity index (χ0v) is 21.0. The van der Waals surface area contributed by atoms with Gasteiger partial charge in [-0.05, 0) is 68.6 Å². The molecule has 2 aromatic carbocycles. The van der Waals surface area contributed by atoms with E-state index in [0.717, 1.165) is 17.0 Å². The van der Waals surface area contributed by atoms with Crippen molar-refractivity contribution in [1.29, 1.82) is 0 Å². The highest BCUT2D eigenvalue weighted by Gasteiger charge is 1.99. The lowest BCUT2D eigenvalue weighted by Gasteiger charge is -2.03. The molecular formula is C33H52N2. The summed E-state index contributed by atoms with van der Waals surface area (Å²) in [5.74, 6) is 0. The van der Waals surface area contributed by atoms with Gasteiger partial charge in [-0.3, -0.25) is 9.97 Å². The van der Waals surface area contributed by atoms with Gasteiger partial charge in [0.25, 0.3) is 0 Å². The van der Waals surface area contributed by atoms with Crippen LogP contribution in [0, 0.1) is 27.7 Å². The molecule has 0 bridgehead atoms. The molecule has 0 unspecified atom stereocenters. The molecular weight excluding hydrogens is 424 g/mol. The topological polar surface area (TPSA) is 25.8 Å². The maximum atomic E-state index is 7.35. The largest absolute Gasteiger partial charge is 0.262 e. The molecule has 0 aliphatic rings. The van der Waals surface area contributed by atoms with Crippen LogP contribution in [0.25, 0.3) is 11.3 Å². The molecule has 2 nitrogen and oxygen atoms in total. The molecule has 0 spiro atoms. The summed E-state index contributed by atoms with van der Waals surface area (Å²) in [5.41, 5.74) is 6.96. The Balaban J connectivity index is -0.000000208. The molecule has 0 amide bonds. The van der Waals surface area contributed by atoms with Crippen LogP contribution in [0.2, 0.25) is 0 Å². The van der Waals surface area contributed by atoms with Crippen molar-refractivity contribution in [2.24, 2.45) is 0 Å². The van der Waals surface area contributed by atoms with Crippen LogP contribution in [-0.2, 0) is 0 Å². The van der Waals surface area contributed by atoms with E-state index in [0.29, 0.717) is 12.1 Å². The summed E-state index contributed by atoms with van der Waals surface area (Å²) in [6.45, 7) is 16.2. The van der Waals surface area contributed by atoms with Gasteiger partial charge < -0.3 is 0 Å². The molecule has 4 rings (SSSR count). The summed E-state index contributed by atoms with van der Waals surface area (Å²) in [6, 6.07) is 24.6. The standard InChI is InChI=1S/C12H11N.C8H10.C6H7N.2C2H6.3CH4/c1-10-6-2-3-7-11(10)12-8-4-5-9-13-12;1-7-5-3-4-6-8(7)2;1-6-4-2-3-5-7-6;2*1-2;;;/h2-9H,1H3;3-6H,1-2H3;2-5H,1H3;2*1-2H3;3*1H4/i5T;;3T;;;;;. The van der Waals surface area contributed by atoms with Crippen molar-refractivity contribution in [1.82, 2.24) is 9.97 Å². The molecule has 4 aromatic rings. The van der Waals surface area contributed by atoms with Gasteiger partial charge in [0.05, 0.1) is 8.44 Å². The first-order valence-electron chi connectivity index (χ1n) is 12.3. The van der Waals surface area contributed by atoms with Crippen molar-refractivity contribution in [3.8, 4) is 11.3 Å². The molecule has 0 atom stereocenters. The van der Waals surface area contributed by atoms with E-state index >= 15 is 0 Å². The highest BCUT2D eigenvalue weighted by atomic mass is 14.7. The summed E-state index contributed by atoms with van der Waals surface area (Å²) < 4.78 is 14.4. The van der Waals surface area contributed by atoms with Gasteiger partial charge in [-0.15, -0.1) is 0 Å². The second kappa shape index (κ2) is 25.4. The van der Waals surface area contributed by atoms with Crippen LogP contribution in [0.5, 0.6) is 0 Å². The van der Waals surface area contributed by atoms with Crippen LogP contribution in [0.1, 0.15) is 75.1 Å². The van der Waals surface area contributed by atoms with E-state index in [2.05, 4.69) is 61.1 Å². The number of rotatable bonds is 1. The molecule has 0 aliphatic heterocycles. The molecule has 194 valence electrons. The fourth-order valence-corrected chi connectivity index (χ4v) is 2.40. The zero-order chi connectivity index (χ0) is 25.9. The zero-order valence-electron chi connectivity index (χ0n) is 23.0. The third kappa shape index (κ3) is 16.9. The number of hydrogen-bond acceptors (Lipinski definition) is 2. The normalized spacial score (nSPS) is 8.69. The van der Waals surface area contributed by atoms with Crippen molar-refractivity contribution in [3.05, 3.63) is 120 Å². The molecule has 0 saturated heterocycles. The average molecular weight is 481 g/mol. The summed E-state index contributed by atoms with van der Waals surface area (Å²) >= 11 is 0. The predicted molar refractivity (Wildman–Crippen MR) is 162 cm³/mol. The summed E-state index contributed by atoms with van der Waals surface area (Å²) in [6.07, 6.45) is 3.11. The van der Waals surface area contributed by atoms with Crippen molar-refractivity contribution in [3.63, 3.8) is 0 Å². The van der Waals surface area contributed by atoms with E-state index in [-0.39, 0.29) is 22.3 Å². The van der Waals surface area contributed by atoms with Crippen LogP contribution in [0.3, 0.4) is 0 Å². The minimum atomic E-state index is 0. The Bertz CT molecular complexity index is 1000. The van der Waals surface area contributed by atoms with Gasteiger partial charge in [-0.25, -0.2) is 0 Å². The Kier molecular flexibility index (Phi) is 24.6. The Hall–Kier alpha value is -3.26. The molecule has 0 aliphatic carbocycles. The lowest BCUT2D eigenvalue weighted by molar-refractivity contribution is 1.20. The average Bonchev–Trinajstić information content (AvgIpc) is 2.87. The van der Waals surface area contributed by atoms with Gasteiger partial charge in [0.1, 0.15) is 0 Å². The van der Waals surface area contributed by atoms with Gasteiger partial charge in [0.15, 0.2) is 0 Å². The van der Waals surface area contributed by atoms with Crippen molar-refractivity contribution in [2.45, 2.75) is 77.7 Å². The van der Waals surface area contributed by atoms with Crippen LogP contribution in [0.15, 0.2) is 97.3 Å². The quantitative estimate of drug-likeness (QED) is 0.271. The van der Waals surface area contributed by atoms with Gasteiger partial charge in [0, 0.05) is 23.7 Å². The first kappa shape index (κ1) is 33.9. The fraction of sp³-hybridized carbons (Fsp3) is 0.333. The fourth-order valence-electron chi connectivity index (χ4n) is 2.40. The van der Waals surface area contributed by atoms with Crippen LogP contribution >= 0.6 is 0 Å². The van der Waals surface area contributed by atoms with E-state index in [9.17, 15) is 0 Å². The second-order valence-corrected chi connectivity index (χ2v) is 6.44. The summed E-state index contributed by atoms with van der Waals surface area (Å²) in [5, 5.41) is 0. The molecule has 0 saturated carbocycles. The van der Waals surface area contributed by atoms with Gasteiger partial charge in [-0.1, -0.05) is 111 Å². The molecule has 2 aromatic heterocycles. The van der Waals surface area contributed by atoms with E-state index in [1.54, 1.807) is 18.3 Å². The van der Waals surface area contributed by atoms with E-state index < -0.39 is 0 Å². The first-order chi connectivity index (χ1) is 16.4. The van der Waals surface area contributed by atoms with Crippen molar-refractivity contribution < 1.29 is 2.74 Å². The Morgan fingerprint density at radius 2 is 0.943 bits per heavy atom. The first-order valence-corrected chi connectivity index (χ1v) is 11.3. The van der Waals surface area contributed by atoms with Crippen LogP contribution in [-0.4, -0.2) is 9.97 Å². The maximum Gasteiger partial charge on any atom is 0.0704 e. The Labute approximate surface area is 221 Å². The molecule has 35 heavy (non-hydrogen) atoms. The minimum absolute atomic E-state index is 0. The molecule has 0 N–H and O–H groups in total. The number of aryl methyl sites for hydroxylation is 4. The summed E-state index contributed by atoms with van der Waals surface area (Å²) in [7, 11) is 0. The number of nitrogens with zero attached hydrogens (tertiary/aromatic N) is 2. The minimum Gasteiger partial charge on any atom is -0.262 e. The van der Waals surface area contributed by atoms with Crippen molar-refractivity contribution >= 4 is 0 Å². The van der Waals surface area contributed by atoms with Crippen molar-refractivity contribution in [2.75, 3.05) is 0 Å². The van der Waals surface area contributed by atoms with E-state index in [4.69, 9.17) is 2.74 Å². The van der Waals surface area contributed by atoms with Crippen LogP contribution < -0.4 is 0 Å². The second-order valence-electron chi connectivity index (χ2n) is 6.44. The Morgan fingerprint density at radius 3 is 1.29 bits per heavy atom. The molecule has 0 radical (unpaired) electrons. The Morgan fingerprint density at radius 1 is 0.514 bits per heavy atom. The monoisotopic (exact) mass is 480 g/mol. The lowest BCUT2D eigenvalue weighted by atomic mass is 10.1. The number of aromatic nitrogens is 2. The molecule has 2 heteroatoms. The molecule has 2 heterocycles. The van der Waals surface area contributed by atoms with Crippen LogP contribution in [0.4, 0.5) is 0 Å². The maximum absolute atomic E-state index is 7.35. The third-order valence-electron chi connectivity index (χ3n) is 4.23. The highest BCUT2D eigenvalue weighted by Crippen LogP contribution is 2.19. The summed E-state index contributed by atoms with van der Waals surface area (Å²) in [4.78, 5) is 8.11. The number of hydrogen-bond donors (Lipinski definition) is 0. The van der Waals surface area contributed by atoms with E-state index in [1.165, 1.54) is 22.9 Å². The molecule has 0 fully saturated rings. The smallest absolute Gasteiger partial charge is 0.0704 e. The third-order valence-corrected chi connectivity index (χ3v) is 4.23. The number of benzene rings is 2. The van der Waals surface area contributed by atoms with Gasteiger partial charge in [0.2, 0.25) is 0 Å². The predicted octanol–water partition coefficient (Wildman–Crippen LogP) is 10.7. The van der Waals surface area contributed by atoms with Gasteiger partial charge >= 0.3 is 0 Å². The van der Waals surface area contributed by atoms with E-state index in [1.807, 2.05) is 65.0 Å². The SMILES string of the molecule is C.C.C.CC.CC.Cc1ccccc1C.[3H]c1ccc(-c2ccccc2C)nc1.[3H]c1ccc(C)nc1.